The lowest BCUT2D eigenvalue weighted by molar-refractivity contribution is -0.120. The largest absolute Gasteiger partial charge is 0.356 e. The first-order chi connectivity index (χ1) is 10.3. The van der Waals surface area contributed by atoms with Crippen LogP contribution in [0.5, 0.6) is 0 Å². The number of amides is 1. The van der Waals surface area contributed by atoms with E-state index in [0.717, 1.165) is 17.9 Å². The molecule has 0 heterocycles. The van der Waals surface area contributed by atoms with Gasteiger partial charge in [-0.15, -0.1) is 0 Å². The molecule has 2 aromatic rings. The van der Waals surface area contributed by atoms with Gasteiger partial charge in [0.25, 0.3) is 0 Å². The topological polar surface area (TPSA) is 29.1 Å². The van der Waals surface area contributed by atoms with E-state index < -0.39 is 0 Å². The van der Waals surface area contributed by atoms with E-state index in [0.29, 0.717) is 13.0 Å². The van der Waals surface area contributed by atoms with Crippen LogP contribution < -0.4 is 5.32 Å². The van der Waals surface area contributed by atoms with Crippen LogP contribution in [-0.4, -0.2) is 18.2 Å². The van der Waals surface area contributed by atoms with Gasteiger partial charge < -0.3 is 5.32 Å². The lowest BCUT2D eigenvalue weighted by atomic mass is 10.1. The van der Waals surface area contributed by atoms with Gasteiger partial charge in [0.15, 0.2) is 0 Å². The zero-order chi connectivity index (χ0) is 14.8. The molecule has 0 unspecified atom stereocenters. The van der Waals surface area contributed by atoms with Gasteiger partial charge in [-0.25, -0.2) is 0 Å². The molecule has 0 atom stereocenters. The molecule has 0 saturated carbocycles. The molecule has 0 fully saturated rings. The number of carbonyl (C=O) groups is 1. The van der Waals surface area contributed by atoms with Gasteiger partial charge in [-0.3, -0.25) is 4.79 Å². The van der Waals surface area contributed by atoms with Crippen LogP contribution in [0.2, 0.25) is 0 Å². The van der Waals surface area contributed by atoms with E-state index in [1.54, 1.807) is 11.8 Å². The Hall–Kier alpha value is -1.74. The van der Waals surface area contributed by atoms with Crippen molar-refractivity contribution in [3.05, 3.63) is 71.8 Å². The Morgan fingerprint density at radius 3 is 2.19 bits per heavy atom. The Morgan fingerprint density at radius 1 is 0.905 bits per heavy atom. The molecule has 0 bridgehead atoms. The molecule has 110 valence electrons. The number of hydrogen-bond donors (Lipinski definition) is 1. The summed E-state index contributed by atoms with van der Waals surface area (Å²) in [6.45, 7) is 0.714. The Labute approximate surface area is 131 Å². The number of benzene rings is 2. The fourth-order valence-corrected chi connectivity index (χ4v) is 2.91. The summed E-state index contributed by atoms with van der Waals surface area (Å²) in [5.74, 6) is 1.98. The maximum absolute atomic E-state index is 11.7. The van der Waals surface area contributed by atoms with Crippen LogP contribution in [-0.2, 0) is 17.0 Å². The van der Waals surface area contributed by atoms with Gasteiger partial charge in [-0.2, -0.15) is 11.8 Å². The van der Waals surface area contributed by atoms with E-state index in [1.165, 1.54) is 11.1 Å². The lowest BCUT2D eigenvalue weighted by Crippen LogP contribution is -2.25. The number of rotatable bonds is 8. The molecule has 0 aliphatic carbocycles. The fraction of sp³-hybridized carbons (Fsp3) is 0.278. The summed E-state index contributed by atoms with van der Waals surface area (Å²) >= 11 is 1.80. The van der Waals surface area contributed by atoms with E-state index in [4.69, 9.17) is 0 Å². The van der Waals surface area contributed by atoms with Crippen molar-refractivity contribution in [2.45, 2.75) is 18.6 Å². The van der Waals surface area contributed by atoms with Gasteiger partial charge in [0, 0.05) is 24.5 Å². The minimum Gasteiger partial charge on any atom is -0.356 e. The van der Waals surface area contributed by atoms with Gasteiger partial charge in [0.1, 0.15) is 0 Å². The summed E-state index contributed by atoms with van der Waals surface area (Å²) in [4.78, 5) is 11.7. The molecule has 2 nitrogen and oxygen atoms in total. The van der Waals surface area contributed by atoms with Crippen LogP contribution in [0.15, 0.2) is 60.7 Å². The number of carbonyl (C=O) groups excluding carboxylic acids is 1. The Kier molecular flexibility index (Phi) is 6.89. The molecule has 0 aromatic heterocycles. The number of hydrogen-bond acceptors (Lipinski definition) is 2. The number of thioether (sulfide) groups is 1. The highest BCUT2D eigenvalue weighted by atomic mass is 32.2. The second-order valence-electron chi connectivity index (χ2n) is 4.87. The Morgan fingerprint density at radius 2 is 1.52 bits per heavy atom. The molecule has 0 radical (unpaired) electrons. The first kappa shape index (κ1) is 15.6. The molecule has 2 aromatic carbocycles. The van der Waals surface area contributed by atoms with Crippen molar-refractivity contribution in [1.29, 1.82) is 0 Å². The SMILES string of the molecule is O=C(CCSCc1ccccc1)NCCc1ccccc1. The Balaban J connectivity index is 1.54. The molecule has 0 spiro atoms. The highest BCUT2D eigenvalue weighted by molar-refractivity contribution is 7.98. The van der Waals surface area contributed by atoms with Gasteiger partial charge in [-0.1, -0.05) is 60.7 Å². The lowest BCUT2D eigenvalue weighted by Gasteiger charge is -2.05. The highest BCUT2D eigenvalue weighted by Crippen LogP contribution is 2.12. The highest BCUT2D eigenvalue weighted by Gasteiger charge is 2.01. The standard InChI is InChI=1S/C18H21NOS/c20-18(19-13-11-16-7-3-1-4-8-16)12-14-21-15-17-9-5-2-6-10-17/h1-10H,11-15H2,(H,19,20). The van der Waals surface area contributed by atoms with Crippen LogP contribution in [0.4, 0.5) is 0 Å². The molecular formula is C18H21NOS. The molecule has 0 aliphatic heterocycles. The summed E-state index contributed by atoms with van der Waals surface area (Å²) in [5.41, 5.74) is 2.57. The zero-order valence-corrected chi connectivity index (χ0v) is 12.9. The maximum Gasteiger partial charge on any atom is 0.220 e. The minimum absolute atomic E-state index is 0.145. The smallest absolute Gasteiger partial charge is 0.220 e. The average Bonchev–Trinajstić information content (AvgIpc) is 2.54. The van der Waals surface area contributed by atoms with Crippen molar-refractivity contribution in [3.63, 3.8) is 0 Å². The van der Waals surface area contributed by atoms with Gasteiger partial charge in [-0.05, 0) is 17.5 Å². The van der Waals surface area contributed by atoms with Crippen molar-refractivity contribution in [3.8, 4) is 0 Å². The van der Waals surface area contributed by atoms with E-state index in [9.17, 15) is 4.79 Å². The van der Waals surface area contributed by atoms with Crippen molar-refractivity contribution in [2.24, 2.45) is 0 Å². The second kappa shape index (κ2) is 9.24. The molecular weight excluding hydrogens is 278 g/mol. The van der Waals surface area contributed by atoms with Crippen LogP contribution in [0.25, 0.3) is 0 Å². The van der Waals surface area contributed by atoms with Crippen molar-refractivity contribution in [2.75, 3.05) is 12.3 Å². The first-order valence-electron chi connectivity index (χ1n) is 7.27. The summed E-state index contributed by atoms with van der Waals surface area (Å²) in [7, 11) is 0. The molecule has 1 N–H and O–H groups in total. The summed E-state index contributed by atoms with van der Waals surface area (Å²) < 4.78 is 0. The van der Waals surface area contributed by atoms with Gasteiger partial charge in [0.05, 0.1) is 0 Å². The summed E-state index contributed by atoms with van der Waals surface area (Å²) in [6, 6.07) is 20.6. The van der Waals surface area contributed by atoms with Crippen LogP contribution in [0, 0.1) is 0 Å². The maximum atomic E-state index is 11.7. The molecule has 1 amide bonds. The number of nitrogens with one attached hydrogen (secondary N) is 1. The molecule has 0 saturated heterocycles. The van der Waals surface area contributed by atoms with Crippen LogP contribution in [0.3, 0.4) is 0 Å². The summed E-state index contributed by atoms with van der Waals surface area (Å²) in [5, 5.41) is 2.98. The van der Waals surface area contributed by atoms with E-state index in [1.807, 2.05) is 36.4 Å². The predicted octanol–water partition coefficient (Wildman–Crippen LogP) is 3.67. The normalized spacial score (nSPS) is 10.3. The first-order valence-corrected chi connectivity index (χ1v) is 8.42. The van der Waals surface area contributed by atoms with Gasteiger partial charge in [0.2, 0.25) is 5.91 Å². The third-order valence-corrected chi connectivity index (χ3v) is 4.19. The van der Waals surface area contributed by atoms with Gasteiger partial charge >= 0.3 is 0 Å². The fourth-order valence-electron chi connectivity index (χ4n) is 2.01. The molecule has 3 heteroatoms. The molecule has 21 heavy (non-hydrogen) atoms. The van der Waals surface area contributed by atoms with E-state index >= 15 is 0 Å². The third-order valence-electron chi connectivity index (χ3n) is 3.16. The predicted molar refractivity (Wildman–Crippen MR) is 90.4 cm³/mol. The van der Waals surface area contributed by atoms with Crippen LogP contribution in [0.1, 0.15) is 17.5 Å². The molecule has 2 rings (SSSR count). The van der Waals surface area contributed by atoms with Crippen LogP contribution >= 0.6 is 11.8 Å². The molecule has 0 aliphatic rings. The van der Waals surface area contributed by atoms with E-state index in [-0.39, 0.29) is 5.91 Å². The minimum atomic E-state index is 0.145. The van der Waals surface area contributed by atoms with Crippen molar-refractivity contribution in [1.82, 2.24) is 5.32 Å². The average molecular weight is 299 g/mol. The van der Waals surface area contributed by atoms with Crippen molar-refractivity contribution < 1.29 is 4.79 Å². The quantitative estimate of drug-likeness (QED) is 0.754. The second-order valence-corrected chi connectivity index (χ2v) is 5.98. The van der Waals surface area contributed by atoms with Crippen molar-refractivity contribution >= 4 is 17.7 Å². The third kappa shape index (κ3) is 6.50. The van der Waals surface area contributed by atoms with E-state index in [2.05, 4.69) is 29.6 Å². The summed E-state index contributed by atoms with van der Waals surface area (Å²) in [6.07, 6.45) is 1.48. The monoisotopic (exact) mass is 299 g/mol. The Bertz CT molecular complexity index is 527. The zero-order valence-electron chi connectivity index (χ0n) is 12.1.